The van der Waals surface area contributed by atoms with Crippen molar-refractivity contribution in [3.8, 4) is 0 Å². The van der Waals surface area contributed by atoms with E-state index in [-0.39, 0.29) is 0 Å². The van der Waals surface area contributed by atoms with E-state index in [1.807, 2.05) is 0 Å². The zero-order valence-electron chi connectivity index (χ0n) is 12.1. The van der Waals surface area contributed by atoms with Crippen molar-refractivity contribution in [2.24, 2.45) is 5.92 Å². The second-order valence-corrected chi connectivity index (χ2v) is 5.60. The average Bonchev–Trinajstić information content (AvgIpc) is 2.71. The minimum atomic E-state index is 0.720. The highest BCUT2D eigenvalue weighted by molar-refractivity contribution is 5.29. The fraction of sp³-hybridized carbons (Fsp3) is 0.474. The third-order valence-electron chi connectivity index (χ3n) is 3.91. The van der Waals surface area contributed by atoms with E-state index < -0.39 is 0 Å². The summed E-state index contributed by atoms with van der Waals surface area (Å²) < 4.78 is 0. The lowest BCUT2D eigenvalue weighted by atomic mass is 10.0. The Labute approximate surface area is 118 Å². The Morgan fingerprint density at radius 3 is 2.95 bits per heavy atom. The molecule has 0 fully saturated rings. The van der Waals surface area contributed by atoms with Crippen LogP contribution in [0.5, 0.6) is 0 Å². The molecule has 0 heteroatoms. The number of unbranched alkanes of at least 4 members (excludes halogenated alkanes) is 1. The molecule has 0 aliphatic heterocycles. The van der Waals surface area contributed by atoms with Crippen molar-refractivity contribution in [2.75, 3.05) is 0 Å². The van der Waals surface area contributed by atoms with Gasteiger partial charge in [0, 0.05) is 0 Å². The number of hydrogen-bond acceptors (Lipinski definition) is 0. The van der Waals surface area contributed by atoms with Crippen molar-refractivity contribution in [1.82, 2.24) is 0 Å². The molecule has 0 saturated carbocycles. The first-order valence-corrected chi connectivity index (χ1v) is 7.78. The smallest absolute Gasteiger partial charge is 0.00445 e. The summed E-state index contributed by atoms with van der Waals surface area (Å²) in [6, 6.07) is 0. The van der Waals surface area contributed by atoms with Crippen LogP contribution in [0.2, 0.25) is 0 Å². The van der Waals surface area contributed by atoms with Crippen LogP contribution in [0.4, 0.5) is 0 Å². The van der Waals surface area contributed by atoms with Gasteiger partial charge in [-0.15, -0.1) is 0 Å². The molecule has 0 aromatic rings. The summed E-state index contributed by atoms with van der Waals surface area (Å²) in [6.07, 6.45) is 27.1. The highest BCUT2D eigenvalue weighted by atomic mass is 14.1. The molecule has 2 aliphatic rings. The lowest BCUT2D eigenvalue weighted by Gasteiger charge is -2.05. The summed E-state index contributed by atoms with van der Waals surface area (Å²) in [4.78, 5) is 0. The maximum atomic E-state index is 2.48. The van der Waals surface area contributed by atoms with Gasteiger partial charge in [0.25, 0.3) is 0 Å². The molecular weight excluding hydrogens is 228 g/mol. The first-order valence-electron chi connectivity index (χ1n) is 7.78. The van der Waals surface area contributed by atoms with Gasteiger partial charge < -0.3 is 0 Å². The molecule has 0 bridgehead atoms. The second kappa shape index (κ2) is 7.99. The largest absolute Gasteiger partial charge is 0.0805 e. The van der Waals surface area contributed by atoms with Crippen molar-refractivity contribution >= 4 is 0 Å². The third-order valence-corrected chi connectivity index (χ3v) is 3.91. The van der Waals surface area contributed by atoms with Gasteiger partial charge in [-0.2, -0.15) is 0 Å². The van der Waals surface area contributed by atoms with Gasteiger partial charge in [0.1, 0.15) is 0 Å². The highest BCUT2D eigenvalue weighted by Crippen LogP contribution is 2.25. The predicted molar refractivity (Wildman–Crippen MR) is 85.1 cm³/mol. The van der Waals surface area contributed by atoms with Crippen molar-refractivity contribution in [2.45, 2.75) is 51.9 Å². The molecule has 0 saturated heterocycles. The van der Waals surface area contributed by atoms with E-state index in [2.05, 4.69) is 55.5 Å². The van der Waals surface area contributed by atoms with Gasteiger partial charge in [-0.05, 0) is 38.0 Å². The molecule has 0 aromatic heterocycles. The molecule has 0 amide bonds. The molecule has 0 heterocycles. The van der Waals surface area contributed by atoms with Crippen LogP contribution >= 0.6 is 0 Å². The summed E-state index contributed by atoms with van der Waals surface area (Å²) >= 11 is 0. The third kappa shape index (κ3) is 5.06. The predicted octanol–water partition coefficient (Wildman–Crippen LogP) is 5.90. The van der Waals surface area contributed by atoms with Crippen LogP contribution in [0.15, 0.2) is 59.8 Å². The van der Waals surface area contributed by atoms with Gasteiger partial charge >= 0.3 is 0 Å². The Kier molecular flexibility index (Phi) is 5.94. The number of allylic oxidation sites excluding steroid dienone is 10. The molecule has 1 unspecified atom stereocenters. The topological polar surface area (TPSA) is 0 Å². The first-order chi connectivity index (χ1) is 9.38. The second-order valence-electron chi connectivity index (χ2n) is 5.60. The van der Waals surface area contributed by atoms with E-state index >= 15 is 0 Å². The van der Waals surface area contributed by atoms with Gasteiger partial charge in [0.15, 0.2) is 0 Å². The molecule has 2 aliphatic carbocycles. The Morgan fingerprint density at radius 2 is 2.05 bits per heavy atom. The van der Waals surface area contributed by atoms with Crippen molar-refractivity contribution < 1.29 is 0 Å². The van der Waals surface area contributed by atoms with Crippen molar-refractivity contribution in [1.29, 1.82) is 0 Å². The monoisotopic (exact) mass is 254 g/mol. The maximum Gasteiger partial charge on any atom is -0.00445 e. The van der Waals surface area contributed by atoms with Crippen LogP contribution in [-0.2, 0) is 0 Å². The summed E-state index contributed by atoms with van der Waals surface area (Å²) in [5.41, 5.74) is 3.12. The molecule has 0 radical (unpaired) electrons. The van der Waals surface area contributed by atoms with Crippen LogP contribution in [-0.4, -0.2) is 0 Å². The van der Waals surface area contributed by atoms with Gasteiger partial charge in [0.2, 0.25) is 0 Å². The fourth-order valence-corrected chi connectivity index (χ4v) is 2.75. The highest BCUT2D eigenvalue weighted by Gasteiger charge is 2.08. The summed E-state index contributed by atoms with van der Waals surface area (Å²) in [5.74, 6) is 0.720. The Hall–Kier alpha value is -1.30. The summed E-state index contributed by atoms with van der Waals surface area (Å²) in [6.45, 7) is 2.27. The fourth-order valence-electron chi connectivity index (χ4n) is 2.75. The minimum Gasteiger partial charge on any atom is -0.0805 e. The number of hydrogen-bond donors (Lipinski definition) is 0. The molecule has 2 rings (SSSR count). The standard InChI is InChI=1S/C19H26/c1-2-3-9-18-14-15-19(16-18)13-8-12-17-10-6-4-5-7-11-17/h4-7,10,14-16,18H,2-3,8-9,11-13H2,1H3. The molecule has 19 heavy (non-hydrogen) atoms. The van der Waals surface area contributed by atoms with Crippen molar-refractivity contribution in [3.05, 3.63) is 59.8 Å². The Balaban J connectivity index is 1.69. The van der Waals surface area contributed by atoms with Gasteiger partial charge in [-0.25, -0.2) is 0 Å². The van der Waals surface area contributed by atoms with Crippen LogP contribution in [0.25, 0.3) is 0 Å². The van der Waals surface area contributed by atoms with E-state index in [9.17, 15) is 0 Å². The van der Waals surface area contributed by atoms with Gasteiger partial charge in [-0.1, -0.05) is 79.5 Å². The van der Waals surface area contributed by atoms with Crippen LogP contribution < -0.4 is 0 Å². The quantitative estimate of drug-likeness (QED) is 0.530. The van der Waals surface area contributed by atoms with Crippen LogP contribution in [0.3, 0.4) is 0 Å². The normalized spacial score (nSPS) is 21.4. The van der Waals surface area contributed by atoms with Gasteiger partial charge in [-0.3, -0.25) is 0 Å². The Bertz CT molecular complexity index is 415. The summed E-state index contributed by atoms with van der Waals surface area (Å²) in [5, 5.41) is 0. The van der Waals surface area contributed by atoms with Crippen molar-refractivity contribution in [3.63, 3.8) is 0 Å². The van der Waals surface area contributed by atoms with E-state index in [0.29, 0.717) is 0 Å². The maximum absolute atomic E-state index is 2.48. The van der Waals surface area contributed by atoms with Crippen LogP contribution in [0, 0.1) is 5.92 Å². The number of rotatable bonds is 7. The zero-order chi connectivity index (χ0) is 13.3. The lowest BCUT2D eigenvalue weighted by molar-refractivity contribution is 0.645. The summed E-state index contributed by atoms with van der Waals surface area (Å²) in [7, 11) is 0. The first kappa shape index (κ1) is 14.1. The minimum absolute atomic E-state index is 0.720. The SMILES string of the molecule is CCCCC1C=CC(CCCC2=CC=CC=CC2)=C1. The molecule has 0 spiro atoms. The molecule has 0 N–H and O–H groups in total. The zero-order valence-corrected chi connectivity index (χ0v) is 12.1. The molecular formula is C19H26. The van der Waals surface area contributed by atoms with E-state index in [1.54, 1.807) is 11.1 Å². The average molecular weight is 254 g/mol. The van der Waals surface area contributed by atoms with E-state index in [4.69, 9.17) is 0 Å². The van der Waals surface area contributed by atoms with Gasteiger partial charge in [0.05, 0.1) is 0 Å². The van der Waals surface area contributed by atoms with E-state index in [0.717, 1.165) is 12.3 Å². The van der Waals surface area contributed by atoms with Crippen LogP contribution in [0.1, 0.15) is 51.9 Å². The molecule has 0 aromatic carbocycles. The molecule has 0 nitrogen and oxygen atoms in total. The molecule has 102 valence electrons. The lowest BCUT2D eigenvalue weighted by Crippen LogP contribution is -1.88. The Morgan fingerprint density at radius 1 is 1.11 bits per heavy atom. The van der Waals surface area contributed by atoms with E-state index in [1.165, 1.54) is 38.5 Å². The molecule has 1 atom stereocenters.